The summed E-state index contributed by atoms with van der Waals surface area (Å²) in [4.78, 5) is 15.0. The number of carbonyl (C=O) groups is 1. The van der Waals surface area contributed by atoms with Crippen molar-refractivity contribution in [3.05, 3.63) is 48.0 Å². The predicted molar refractivity (Wildman–Crippen MR) is 110 cm³/mol. The third-order valence-electron chi connectivity index (χ3n) is 5.91. The molecular formula is C22H30ClNO2. The van der Waals surface area contributed by atoms with E-state index in [1.807, 2.05) is 38.1 Å². The summed E-state index contributed by atoms with van der Waals surface area (Å²) < 4.78 is 0. The van der Waals surface area contributed by atoms with Gasteiger partial charge in [-0.1, -0.05) is 62.7 Å². The highest BCUT2D eigenvalue weighted by atomic mass is 35.5. The number of nitrogens with zero attached hydrogens (tertiary/aromatic N) is 1. The van der Waals surface area contributed by atoms with Crippen molar-refractivity contribution in [1.29, 1.82) is 0 Å². The molecule has 1 fully saturated rings. The molecule has 4 heteroatoms. The lowest BCUT2D eigenvalue weighted by molar-refractivity contribution is -0.146. The number of carboxylic acid groups (broad SMARTS) is 1. The lowest BCUT2D eigenvalue weighted by atomic mass is 9.68. The van der Waals surface area contributed by atoms with Crippen LogP contribution in [-0.4, -0.2) is 35.6 Å². The standard InChI is InChI=1S/C22H29NO2.ClH/c1-17(2)22(21(24)25,13-16-23-14-6-3-7-15-23)20-12-8-10-18-9-4-5-11-19(18)20;/h4-5,8-12,17H,3,6-7,13-16H2,1-2H3,(H,24,25);1H. The number of rotatable bonds is 6. The van der Waals surface area contributed by atoms with Crippen molar-refractivity contribution < 1.29 is 9.90 Å². The molecule has 1 saturated heterocycles. The highest BCUT2D eigenvalue weighted by Crippen LogP contribution is 2.40. The molecule has 0 bridgehead atoms. The van der Waals surface area contributed by atoms with Crippen LogP contribution >= 0.6 is 12.4 Å². The molecule has 0 amide bonds. The van der Waals surface area contributed by atoms with E-state index in [-0.39, 0.29) is 18.3 Å². The van der Waals surface area contributed by atoms with Crippen LogP contribution in [0.2, 0.25) is 0 Å². The summed E-state index contributed by atoms with van der Waals surface area (Å²) >= 11 is 0. The summed E-state index contributed by atoms with van der Waals surface area (Å²) in [6.45, 7) is 7.15. The van der Waals surface area contributed by atoms with E-state index in [4.69, 9.17) is 0 Å². The van der Waals surface area contributed by atoms with Gasteiger partial charge in [-0.25, -0.2) is 0 Å². The van der Waals surface area contributed by atoms with Crippen LogP contribution in [0.5, 0.6) is 0 Å². The minimum atomic E-state index is -0.849. The fraction of sp³-hybridized carbons (Fsp3) is 0.500. The van der Waals surface area contributed by atoms with E-state index in [0.29, 0.717) is 6.42 Å². The number of benzene rings is 2. The molecule has 3 nitrogen and oxygen atoms in total. The third-order valence-corrected chi connectivity index (χ3v) is 5.91. The van der Waals surface area contributed by atoms with Gasteiger partial charge in [0.25, 0.3) is 0 Å². The van der Waals surface area contributed by atoms with E-state index in [0.717, 1.165) is 36.0 Å². The maximum absolute atomic E-state index is 12.6. The maximum Gasteiger partial charge on any atom is 0.314 e. The lowest BCUT2D eigenvalue weighted by Gasteiger charge is -2.37. The lowest BCUT2D eigenvalue weighted by Crippen LogP contribution is -2.44. The molecule has 0 aliphatic carbocycles. The van der Waals surface area contributed by atoms with Crippen LogP contribution < -0.4 is 0 Å². The molecule has 1 atom stereocenters. The second-order valence-electron chi connectivity index (χ2n) is 7.61. The van der Waals surface area contributed by atoms with Crippen molar-refractivity contribution in [2.45, 2.75) is 44.9 Å². The van der Waals surface area contributed by atoms with Crippen LogP contribution in [0.4, 0.5) is 0 Å². The Labute approximate surface area is 162 Å². The molecular weight excluding hydrogens is 346 g/mol. The van der Waals surface area contributed by atoms with E-state index < -0.39 is 11.4 Å². The van der Waals surface area contributed by atoms with Crippen molar-refractivity contribution in [2.75, 3.05) is 19.6 Å². The van der Waals surface area contributed by atoms with Crippen molar-refractivity contribution in [3.63, 3.8) is 0 Å². The van der Waals surface area contributed by atoms with E-state index in [2.05, 4.69) is 23.1 Å². The summed E-state index contributed by atoms with van der Waals surface area (Å²) in [5.41, 5.74) is 0.114. The molecule has 2 aromatic rings. The molecule has 3 rings (SSSR count). The van der Waals surface area contributed by atoms with Crippen LogP contribution in [-0.2, 0) is 10.2 Å². The highest BCUT2D eigenvalue weighted by molar-refractivity contribution is 5.93. The Morgan fingerprint density at radius 3 is 2.38 bits per heavy atom. The van der Waals surface area contributed by atoms with Crippen LogP contribution in [0.3, 0.4) is 0 Å². The zero-order valence-corrected chi connectivity index (χ0v) is 16.6. The molecule has 1 N–H and O–H groups in total. The minimum Gasteiger partial charge on any atom is -0.481 e. The molecule has 1 unspecified atom stereocenters. The van der Waals surface area contributed by atoms with Gasteiger partial charge in [-0.05, 0) is 61.2 Å². The van der Waals surface area contributed by atoms with Gasteiger partial charge in [-0.15, -0.1) is 12.4 Å². The second kappa shape index (κ2) is 8.88. The Balaban J connectivity index is 0.00000243. The molecule has 0 saturated carbocycles. The number of fused-ring (bicyclic) bond motifs is 1. The Kier molecular flexibility index (Phi) is 7.08. The van der Waals surface area contributed by atoms with E-state index >= 15 is 0 Å². The van der Waals surface area contributed by atoms with Gasteiger partial charge >= 0.3 is 5.97 Å². The number of likely N-dealkylation sites (tertiary alicyclic amines) is 1. The van der Waals surface area contributed by atoms with Gasteiger partial charge in [0.05, 0.1) is 5.41 Å². The molecule has 0 radical (unpaired) electrons. The monoisotopic (exact) mass is 375 g/mol. The summed E-state index contributed by atoms with van der Waals surface area (Å²) in [5.74, 6) is -0.670. The van der Waals surface area contributed by atoms with Crippen LogP contribution in [0.25, 0.3) is 10.8 Å². The Hall–Kier alpha value is -1.58. The van der Waals surface area contributed by atoms with Gasteiger partial charge in [-0.2, -0.15) is 0 Å². The molecule has 142 valence electrons. The first-order chi connectivity index (χ1) is 12.1. The second-order valence-corrected chi connectivity index (χ2v) is 7.61. The molecule has 1 aliphatic rings. The molecule has 1 heterocycles. The third kappa shape index (κ3) is 3.89. The number of hydrogen-bond donors (Lipinski definition) is 1. The fourth-order valence-corrected chi connectivity index (χ4v) is 4.34. The average Bonchev–Trinajstić information content (AvgIpc) is 2.62. The van der Waals surface area contributed by atoms with Gasteiger partial charge in [0.15, 0.2) is 0 Å². The highest BCUT2D eigenvalue weighted by Gasteiger charge is 2.44. The average molecular weight is 376 g/mol. The van der Waals surface area contributed by atoms with Crippen LogP contribution in [0.1, 0.15) is 45.1 Å². The zero-order valence-electron chi connectivity index (χ0n) is 15.8. The molecule has 0 aromatic heterocycles. The Morgan fingerprint density at radius 1 is 1.08 bits per heavy atom. The quantitative estimate of drug-likeness (QED) is 0.762. The molecule has 26 heavy (non-hydrogen) atoms. The number of halogens is 1. The van der Waals surface area contributed by atoms with Gasteiger partial charge < -0.3 is 10.0 Å². The minimum absolute atomic E-state index is 0. The van der Waals surface area contributed by atoms with Gasteiger partial charge in [0.2, 0.25) is 0 Å². The summed E-state index contributed by atoms with van der Waals surface area (Å²) in [5, 5.41) is 12.5. The Morgan fingerprint density at radius 2 is 1.73 bits per heavy atom. The van der Waals surface area contributed by atoms with Gasteiger partial charge in [-0.3, -0.25) is 4.79 Å². The topological polar surface area (TPSA) is 40.5 Å². The molecule has 0 spiro atoms. The van der Waals surface area contributed by atoms with Gasteiger partial charge in [0.1, 0.15) is 0 Å². The van der Waals surface area contributed by atoms with E-state index in [1.54, 1.807) is 0 Å². The van der Waals surface area contributed by atoms with Crippen molar-refractivity contribution in [1.82, 2.24) is 4.90 Å². The number of hydrogen-bond acceptors (Lipinski definition) is 2. The van der Waals surface area contributed by atoms with Crippen LogP contribution in [0.15, 0.2) is 42.5 Å². The predicted octanol–water partition coefficient (Wildman–Crippen LogP) is 5.12. The first-order valence-electron chi connectivity index (χ1n) is 9.49. The maximum atomic E-state index is 12.6. The summed E-state index contributed by atoms with van der Waals surface area (Å²) in [6, 6.07) is 14.2. The normalized spacial score (nSPS) is 17.7. The summed E-state index contributed by atoms with van der Waals surface area (Å²) in [7, 11) is 0. The van der Waals surface area contributed by atoms with Crippen molar-refractivity contribution in [3.8, 4) is 0 Å². The Bertz CT molecular complexity index is 735. The van der Waals surface area contributed by atoms with E-state index in [9.17, 15) is 9.90 Å². The molecule has 1 aliphatic heterocycles. The van der Waals surface area contributed by atoms with Crippen molar-refractivity contribution in [2.24, 2.45) is 5.92 Å². The number of aliphatic carboxylic acids is 1. The van der Waals surface area contributed by atoms with Gasteiger partial charge in [0, 0.05) is 0 Å². The summed E-state index contributed by atoms with van der Waals surface area (Å²) in [6.07, 6.45) is 4.42. The van der Waals surface area contributed by atoms with E-state index in [1.165, 1.54) is 19.3 Å². The SMILES string of the molecule is CC(C)C(CCN1CCCCC1)(C(=O)O)c1cccc2ccccc12.Cl. The number of carboxylic acids is 1. The van der Waals surface area contributed by atoms with Crippen LogP contribution in [0, 0.1) is 5.92 Å². The fourth-order valence-electron chi connectivity index (χ4n) is 4.34. The molecule has 2 aromatic carbocycles. The number of piperidine rings is 1. The first kappa shape index (κ1) is 20.7. The zero-order chi connectivity index (χ0) is 17.9. The first-order valence-corrected chi connectivity index (χ1v) is 9.49. The smallest absolute Gasteiger partial charge is 0.314 e. The largest absolute Gasteiger partial charge is 0.481 e. The van der Waals surface area contributed by atoms with Crippen molar-refractivity contribution >= 4 is 29.1 Å².